The van der Waals surface area contributed by atoms with E-state index in [1.165, 1.54) is 5.56 Å². The van der Waals surface area contributed by atoms with Crippen LogP contribution in [0.1, 0.15) is 43.6 Å². The molecule has 5 nitrogen and oxygen atoms in total. The van der Waals surface area contributed by atoms with Crippen LogP contribution in [0.4, 0.5) is 0 Å². The highest BCUT2D eigenvalue weighted by Crippen LogP contribution is 2.35. The van der Waals surface area contributed by atoms with Gasteiger partial charge >= 0.3 is 0 Å². The number of nitrogens with one attached hydrogen (secondary N) is 1. The Morgan fingerprint density at radius 2 is 2.08 bits per heavy atom. The van der Waals surface area contributed by atoms with E-state index < -0.39 is 0 Å². The number of amides is 1. The normalized spacial score (nSPS) is 21.4. The standard InChI is InChI=1S/C20H30N2O3/c1-24-13-4-10-22-11-7-17(8-12-22)21-20(23)15-16-9-14-25-19-6-3-2-5-18(16)19/h2-3,5-6,16-17H,4,7-15H2,1H3,(H,21,23)/t16-/m1/s1. The summed E-state index contributed by atoms with van der Waals surface area (Å²) >= 11 is 0. The van der Waals surface area contributed by atoms with E-state index >= 15 is 0 Å². The van der Waals surface area contributed by atoms with E-state index in [4.69, 9.17) is 9.47 Å². The minimum Gasteiger partial charge on any atom is -0.493 e. The summed E-state index contributed by atoms with van der Waals surface area (Å²) in [5, 5.41) is 3.25. The summed E-state index contributed by atoms with van der Waals surface area (Å²) in [4.78, 5) is 15.0. The van der Waals surface area contributed by atoms with Gasteiger partial charge in [-0.3, -0.25) is 4.79 Å². The van der Waals surface area contributed by atoms with Crippen LogP contribution in [0.15, 0.2) is 24.3 Å². The molecule has 5 heteroatoms. The largest absolute Gasteiger partial charge is 0.493 e. The molecule has 0 unspecified atom stereocenters. The van der Waals surface area contributed by atoms with Crippen LogP contribution in [-0.2, 0) is 9.53 Å². The van der Waals surface area contributed by atoms with Gasteiger partial charge in [-0.2, -0.15) is 0 Å². The number of carbonyl (C=O) groups is 1. The van der Waals surface area contributed by atoms with Crippen molar-refractivity contribution in [3.05, 3.63) is 29.8 Å². The third-order valence-corrected chi connectivity index (χ3v) is 5.29. The number of benzene rings is 1. The molecule has 0 aliphatic carbocycles. The highest BCUT2D eigenvalue weighted by atomic mass is 16.5. The molecule has 1 atom stereocenters. The Hall–Kier alpha value is -1.59. The summed E-state index contributed by atoms with van der Waals surface area (Å²) in [5.41, 5.74) is 1.18. The summed E-state index contributed by atoms with van der Waals surface area (Å²) < 4.78 is 10.8. The Labute approximate surface area is 150 Å². The molecule has 138 valence electrons. The minimum atomic E-state index is 0.180. The number of nitrogens with zero attached hydrogens (tertiary/aromatic N) is 1. The van der Waals surface area contributed by atoms with Gasteiger partial charge in [0, 0.05) is 45.8 Å². The number of methoxy groups -OCH3 is 1. The zero-order valence-electron chi connectivity index (χ0n) is 15.2. The highest BCUT2D eigenvalue weighted by molar-refractivity contribution is 5.77. The highest BCUT2D eigenvalue weighted by Gasteiger charge is 2.25. The zero-order chi connectivity index (χ0) is 17.5. The molecular weight excluding hydrogens is 316 g/mol. The average molecular weight is 346 g/mol. The Bertz CT molecular complexity index is 556. The molecule has 0 saturated carbocycles. The summed E-state index contributed by atoms with van der Waals surface area (Å²) in [6.07, 6.45) is 4.65. The van der Waals surface area contributed by atoms with E-state index in [0.29, 0.717) is 19.1 Å². The second-order valence-corrected chi connectivity index (χ2v) is 7.11. The lowest BCUT2D eigenvalue weighted by atomic mass is 9.90. The number of carbonyl (C=O) groups excluding carboxylic acids is 1. The molecule has 2 aliphatic rings. The summed E-state index contributed by atoms with van der Waals surface area (Å²) in [5.74, 6) is 1.40. The van der Waals surface area contributed by atoms with Gasteiger partial charge in [-0.25, -0.2) is 0 Å². The molecule has 1 saturated heterocycles. The van der Waals surface area contributed by atoms with Crippen molar-refractivity contribution >= 4 is 5.91 Å². The van der Waals surface area contributed by atoms with Gasteiger partial charge in [-0.1, -0.05) is 18.2 Å². The van der Waals surface area contributed by atoms with Crippen LogP contribution < -0.4 is 10.1 Å². The van der Waals surface area contributed by atoms with Gasteiger partial charge in [0.15, 0.2) is 0 Å². The van der Waals surface area contributed by atoms with E-state index in [-0.39, 0.29) is 11.8 Å². The average Bonchev–Trinajstić information content (AvgIpc) is 2.64. The number of hydrogen-bond donors (Lipinski definition) is 1. The predicted octanol–water partition coefficient (Wildman–Crippen LogP) is 2.56. The maximum absolute atomic E-state index is 12.5. The van der Waals surface area contributed by atoms with Crippen LogP contribution in [0.5, 0.6) is 5.75 Å². The predicted molar refractivity (Wildman–Crippen MR) is 98.0 cm³/mol. The third kappa shape index (κ3) is 5.19. The Balaban J connectivity index is 1.42. The van der Waals surface area contributed by atoms with Crippen LogP contribution in [0, 0.1) is 0 Å². The van der Waals surface area contributed by atoms with Crippen molar-refractivity contribution in [2.24, 2.45) is 0 Å². The smallest absolute Gasteiger partial charge is 0.220 e. The molecule has 25 heavy (non-hydrogen) atoms. The maximum atomic E-state index is 12.5. The minimum absolute atomic E-state index is 0.180. The van der Waals surface area contributed by atoms with Crippen LogP contribution in [-0.4, -0.2) is 56.8 Å². The van der Waals surface area contributed by atoms with Crippen LogP contribution in [0.2, 0.25) is 0 Å². The van der Waals surface area contributed by atoms with E-state index in [0.717, 1.165) is 57.7 Å². The quantitative estimate of drug-likeness (QED) is 0.771. The van der Waals surface area contributed by atoms with Gasteiger partial charge in [0.25, 0.3) is 0 Å². The summed E-state index contributed by atoms with van der Waals surface area (Å²) in [7, 11) is 1.75. The molecule has 1 amide bonds. The second kappa shape index (κ2) is 9.20. The van der Waals surface area contributed by atoms with Gasteiger partial charge < -0.3 is 19.7 Å². The fraction of sp³-hybridized carbons (Fsp3) is 0.650. The number of piperidine rings is 1. The number of para-hydroxylation sites is 1. The molecular formula is C20H30N2O3. The van der Waals surface area contributed by atoms with Crippen molar-refractivity contribution in [1.29, 1.82) is 0 Å². The number of likely N-dealkylation sites (tertiary alicyclic amines) is 1. The molecule has 0 aromatic heterocycles. The van der Waals surface area contributed by atoms with Gasteiger partial charge in [0.05, 0.1) is 6.61 Å². The first-order valence-corrected chi connectivity index (χ1v) is 9.48. The lowest BCUT2D eigenvalue weighted by Gasteiger charge is -2.33. The zero-order valence-corrected chi connectivity index (χ0v) is 15.2. The maximum Gasteiger partial charge on any atom is 0.220 e. The molecule has 2 heterocycles. The van der Waals surface area contributed by atoms with Crippen molar-refractivity contribution in [2.75, 3.05) is 40.0 Å². The van der Waals surface area contributed by atoms with Crippen LogP contribution in [0.25, 0.3) is 0 Å². The Kier molecular flexibility index (Phi) is 6.70. The van der Waals surface area contributed by atoms with Gasteiger partial charge in [-0.15, -0.1) is 0 Å². The number of rotatable bonds is 7. The van der Waals surface area contributed by atoms with E-state index in [1.807, 2.05) is 18.2 Å². The molecule has 1 aromatic rings. The molecule has 0 bridgehead atoms. The van der Waals surface area contributed by atoms with Gasteiger partial charge in [0.2, 0.25) is 5.91 Å². The first-order valence-electron chi connectivity index (χ1n) is 9.48. The summed E-state index contributed by atoms with van der Waals surface area (Å²) in [6, 6.07) is 8.42. The first-order chi connectivity index (χ1) is 12.3. The van der Waals surface area contributed by atoms with Crippen molar-refractivity contribution in [3.63, 3.8) is 0 Å². The molecule has 1 fully saturated rings. The lowest BCUT2D eigenvalue weighted by Crippen LogP contribution is -2.45. The molecule has 3 rings (SSSR count). The number of fused-ring (bicyclic) bond motifs is 1. The number of hydrogen-bond acceptors (Lipinski definition) is 4. The number of ether oxygens (including phenoxy) is 2. The van der Waals surface area contributed by atoms with Crippen molar-refractivity contribution < 1.29 is 14.3 Å². The monoisotopic (exact) mass is 346 g/mol. The first kappa shape index (κ1) is 18.2. The summed E-state index contributed by atoms with van der Waals surface area (Å²) in [6.45, 7) is 4.74. The lowest BCUT2D eigenvalue weighted by molar-refractivity contribution is -0.122. The molecule has 0 spiro atoms. The van der Waals surface area contributed by atoms with Crippen molar-refractivity contribution in [3.8, 4) is 5.75 Å². The van der Waals surface area contributed by atoms with Gasteiger partial charge in [0.1, 0.15) is 5.75 Å². The topological polar surface area (TPSA) is 50.8 Å². The Morgan fingerprint density at radius 3 is 2.88 bits per heavy atom. The SMILES string of the molecule is COCCCN1CCC(NC(=O)C[C@H]2CCOc3ccccc32)CC1. The van der Waals surface area contributed by atoms with E-state index in [2.05, 4.69) is 16.3 Å². The van der Waals surface area contributed by atoms with Crippen LogP contribution in [0.3, 0.4) is 0 Å². The fourth-order valence-corrected chi connectivity index (χ4v) is 3.87. The van der Waals surface area contributed by atoms with Crippen molar-refractivity contribution in [2.45, 2.75) is 44.1 Å². The molecule has 1 N–H and O–H groups in total. The fourth-order valence-electron chi connectivity index (χ4n) is 3.87. The van der Waals surface area contributed by atoms with E-state index in [1.54, 1.807) is 7.11 Å². The van der Waals surface area contributed by atoms with Crippen LogP contribution >= 0.6 is 0 Å². The third-order valence-electron chi connectivity index (χ3n) is 5.29. The Morgan fingerprint density at radius 1 is 1.28 bits per heavy atom. The molecule has 1 aromatic carbocycles. The van der Waals surface area contributed by atoms with E-state index in [9.17, 15) is 4.79 Å². The molecule has 0 radical (unpaired) electrons. The second-order valence-electron chi connectivity index (χ2n) is 7.11. The van der Waals surface area contributed by atoms with Crippen molar-refractivity contribution in [1.82, 2.24) is 10.2 Å². The van der Waals surface area contributed by atoms with Gasteiger partial charge in [-0.05, 0) is 43.2 Å². The molecule has 2 aliphatic heterocycles.